The van der Waals surface area contributed by atoms with Gasteiger partial charge in [0.15, 0.2) is 0 Å². The van der Waals surface area contributed by atoms with Crippen molar-refractivity contribution in [3.63, 3.8) is 0 Å². The Kier molecular flexibility index (Phi) is 13.0. The van der Waals surface area contributed by atoms with E-state index in [-0.39, 0.29) is 32.9 Å². The molecule has 0 heterocycles. The SMILES string of the molecule is COCCN(C(=O)OC(C)(C)C)C(C)C(=O)OCCN(CC(=O)OCc1ccccc1)C(=O)OC(C)(C)C. The summed E-state index contributed by atoms with van der Waals surface area (Å²) in [6, 6.07) is 8.14. The summed E-state index contributed by atoms with van der Waals surface area (Å²) in [4.78, 5) is 52.8. The molecule has 1 aromatic carbocycles. The zero-order valence-corrected chi connectivity index (χ0v) is 23.8. The van der Waals surface area contributed by atoms with Crippen molar-refractivity contribution in [3.8, 4) is 0 Å². The number of nitrogens with zero attached hydrogens (tertiary/aromatic N) is 2. The molecule has 1 aromatic rings. The quantitative estimate of drug-likeness (QED) is 0.289. The number of benzene rings is 1. The molecule has 0 aliphatic heterocycles. The summed E-state index contributed by atoms with van der Waals surface area (Å²) in [5, 5.41) is 0. The standard InChI is InChI=1S/C27H42N2O9/c1-20(29(15-16-34-8)25(33)38-27(5,6)7)23(31)35-17-14-28(24(32)37-26(2,3)4)18-22(30)36-19-21-12-10-9-11-13-21/h9-13,20H,14-19H2,1-8H3. The Morgan fingerprint density at radius 1 is 0.816 bits per heavy atom. The van der Waals surface area contributed by atoms with Gasteiger partial charge in [-0.25, -0.2) is 14.4 Å². The van der Waals surface area contributed by atoms with Crippen LogP contribution in [0.4, 0.5) is 9.59 Å². The molecule has 0 aromatic heterocycles. The number of ether oxygens (including phenoxy) is 5. The minimum absolute atomic E-state index is 0.0519. The number of carbonyl (C=O) groups is 4. The van der Waals surface area contributed by atoms with E-state index in [0.717, 1.165) is 10.5 Å². The molecular formula is C27H42N2O9. The maximum absolute atomic E-state index is 12.7. The molecule has 1 unspecified atom stereocenters. The minimum Gasteiger partial charge on any atom is -0.462 e. The molecular weight excluding hydrogens is 496 g/mol. The van der Waals surface area contributed by atoms with Crippen molar-refractivity contribution in [2.24, 2.45) is 0 Å². The molecule has 0 aliphatic rings. The van der Waals surface area contributed by atoms with Gasteiger partial charge in [0.05, 0.1) is 13.2 Å². The average molecular weight is 539 g/mol. The van der Waals surface area contributed by atoms with Gasteiger partial charge >= 0.3 is 24.1 Å². The number of amides is 2. The van der Waals surface area contributed by atoms with Crippen molar-refractivity contribution in [2.45, 2.75) is 72.3 Å². The first-order valence-electron chi connectivity index (χ1n) is 12.5. The first-order valence-corrected chi connectivity index (χ1v) is 12.5. The zero-order valence-electron chi connectivity index (χ0n) is 23.8. The summed E-state index contributed by atoms with van der Waals surface area (Å²) < 4.78 is 26.4. The predicted molar refractivity (Wildman–Crippen MR) is 139 cm³/mol. The maximum Gasteiger partial charge on any atom is 0.411 e. The largest absolute Gasteiger partial charge is 0.462 e. The lowest BCUT2D eigenvalue weighted by Crippen LogP contribution is -2.48. The van der Waals surface area contributed by atoms with E-state index < -0.39 is 47.9 Å². The molecule has 214 valence electrons. The van der Waals surface area contributed by atoms with Gasteiger partial charge in [0.2, 0.25) is 0 Å². The second kappa shape index (κ2) is 15.2. The summed E-state index contributed by atoms with van der Waals surface area (Å²) >= 11 is 0. The van der Waals surface area contributed by atoms with Crippen LogP contribution in [0.25, 0.3) is 0 Å². The molecule has 2 amide bonds. The number of esters is 2. The lowest BCUT2D eigenvalue weighted by Gasteiger charge is -2.30. The van der Waals surface area contributed by atoms with Gasteiger partial charge in [0.25, 0.3) is 0 Å². The van der Waals surface area contributed by atoms with Crippen LogP contribution in [0.5, 0.6) is 0 Å². The van der Waals surface area contributed by atoms with E-state index in [1.54, 1.807) is 41.5 Å². The lowest BCUT2D eigenvalue weighted by molar-refractivity contribution is -0.150. The third-order valence-electron chi connectivity index (χ3n) is 4.79. The van der Waals surface area contributed by atoms with Gasteiger partial charge in [-0.2, -0.15) is 0 Å². The van der Waals surface area contributed by atoms with E-state index in [0.29, 0.717) is 0 Å². The molecule has 11 heteroatoms. The van der Waals surface area contributed by atoms with E-state index in [1.807, 2.05) is 30.3 Å². The van der Waals surface area contributed by atoms with Crippen LogP contribution in [0.1, 0.15) is 54.0 Å². The zero-order chi connectivity index (χ0) is 28.9. The third kappa shape index (κ3) is 13.3. The number of rotatable bonds is 12. The van der Waals surface area contributed by atoms with Crippen molar-refractivity contribution in [3.05, 3.63) is 35.9 Å². The van der Waals surface area contributed by atoms with Gasteiger partial charge in [-0.3, -0.25) is 14.6 Å². The van der Waals surface area contributed by atoms with Crippen LogP contribution in [-0.2, 0) is 39.9 Å². The highest BCUT2D eigenvalue weighted by molar-refractivity contribution is 5.81. The number of methoxy groups -OCH3 is 1. The van der Waals surface area contributed by atoms with E-state index in [4.69, 9.17) is 23.7 Å². The highest BCUT2D eigenvalue weighted by atomic mass is 16.6. The van der Waals surface area contributed by atoms with E-state index in [9.17, 15) is 19.2 Å². The van der Waals surface area contributed by atoms with Gasteiger partial charge < -0.3 is 23.7 Å². The molecule has 0 fully saturated rings. The van der Waals surface area contributed by atoms with E-state index >= 15 is 0 Å². The lowest BCUT2D eigenvalue weighted by atomic mass is 10.2. The highest BCUT2D eigenvalue weighted by Gasteiger charge is 2.31. The van der Waals surface area contributed by atoms with Crippen molar-refractivity contribution in [2.75, 3.05) is 40.0 Å². The van der Waals surface area contributed by atoms with Crippen molar-refractivity contribution >= 4 is 24.1 Å². The average Bonchev–Trinajstić information content (AvgIpc) is 2.80. The first-order chi connectivity index (χ1) is 17.6. The van der Waals surface area contributed by atoms with Gasteiger partial charge in [0.1, 0.15) is 37.0 Å². The summed E-state index contributed by atoms with van der Waals surface area (Å²) in [5.74, 6) is -1.35. The summed E-state index contributed by atoms with van der Waals surface area (Å²) in [7, 11) is 1.48. The molecule has 0 N–H and O–H groups in total. The fourth-order valence-corrected chi connectivity index (χ4v) is 2.96. The normalized spacial score (nSPS) is 12.2. The van der Waals surface area contributed by atoms with E-state index in [1.165, 1.54) is 18.9 Å². The molecule has 0 bridgehead atoms. The fourth-order valence-electron chi connectivity index (χ4n) is 2.96. The van der Waals surface area contributed by atoms with Gasteiger partial charge in [0, 0.05) is 13.7 Å². The van der Waals surface area contributed by atoms with Crippen LogP contribution in [0.2, 0.25) is 0 Å². The van der Waals surface area contributed by atoms with Gasteiger partial charge in [-0.15, -0.1) is 0 Å². The monoisotopic (exact) mass is 538 g/mol. The van der Waals surface area contributed by atoms with Crippen LogP contribution >= 0.6 is 0 Å². The van der Waals surface area contributed by atoms with Crippen molar-refractivity contribution in [1.29, 1.82) is 0 Å². The van der Waals surface area contributed by atoms with Crippen LogP contribution in [0.3, 0.4) is 0 Å². The van der Waals surface area contributed by atoms with Crippen LogP contribution < -0.4 is 0 Å². The predicted octanol–water partition coefficient (Wildman–Crippen LogP) is 3.78. The fraction of sp³-hybridized carbons (Fsp3) is 0.630. The molecule has 1 rings (SSSR count). The first kappa shape index (κ1) is 32.7. The summed E-state index contributed by atoms with van der Waals surface area (Å²) in [5.41, 5.74) is -0.755. The second-order valence-electron chi connectivity index (χ2n) is 10.6. The van der Waals surface area contributed by atoms with Crippen molar-refractivity contribution < 1.29 is 42.9 Å². The highest BCUT2D eigenvalue weighted by Crippen LogP contribution is 2.14. The molecule has 11 nitrogen and oxygen atoms in total. The Morgan fingerprint density at radius 3 is 1.95 bits per heavy atom. The number of hydrogen-bond acceptors (Lipinski definition) is 9. The van der Waals surface area contributed by atoms with E-state index in [2.05, 4.69) is 0 Å². The Labute approximate surface area is 225 Å². The number of hydrogen-bond donors (Lipinski definition) is 0. The second-order valence-corrected chi connectivity index (χ2v) is 10.6. The van der Waals surface area contributed by atoms with Gasteiger partial charge in [-0.1, -0.05) is 30.3 Å². The van der Waals surface area contributed by atoms with Crippen LogP contribution in [-0.4, -0.2) is 91.1 Å². The smallest absolute Gasteiger partial charge is 0.411 e. The Balaban J connectivity index is 2.79. The molecule has 1 atom stereocenters. The maximum atomic E-state index is 12.7. The molecule has 0 spiro atoms. The molecule has 0 saturated carbocycles. The minimum atomic E-state index is -0.981. The number of carbonyl (C=O) groups excluding carboxylic acids is 4. The van der Waals surface area contributed by atoms with Crippen molar-refractivity contribution in [1.82, 2.24) is 9.80 Å². The molecule has 38 heavy (non-hydrogen) atoms. The van der Waals surface area contributed by atoms with Gasteiger partial charge in [-0.05, 0) is 54.0 Å². The Morgan fingerprint density at radius 2 is 1.39 bits per heavy atom. The Hall–Kier alpha value is -3.34. The Bertz CT molecular complexity index is 907. The topological polar surface area (TPSA) is 121 Å². The van der Waals surface area contributed by atoms with Crippen LogP contribution in [0, 0.1) is 0 Å². The summed E-state index contributed by atoms with van der Waals surface area (Å²) in [6.45, 7) is 11.4. The molecule has 0 radical (unpaired) electrons. The molecule has 0 saturated heterocycles. The third-order valence-corrected chi connectivity index (χ3v) is 4.79. The summed E-state index contributed by atoms with van der Waals surface area (Å²) in [6.07, 6.45) is -1.44. The molecule has 0 aliphatic carbocycles. The van der Waals surface area contributed by atoms with Crippen LogP contribution in [0.15, 0.2) is 30.3 Å².